The fourth-order valence-corrected chi connectivity index (χ4v) is 5.59. The fourth-order valence-electron chi connectivity index (χ4n) is 4.84. The van der Waals surface area contributed by atoms with Crippen LogP contribution >= 0.6 is 35.3 Å². The van der Waals surface area contributed by atoms with Gasteiger partial charge in [-0.05, 0) is 68.4 Å². The third-order valence-electron chi connectivity index (χ3n) is 6.54. The Morgan fingerprint density at radius 3 is 2.83 bits per heavy atom. The van der Waals surface area contributed by atoms with Gasteiger partial charge in [0.15, 0.2) is 5.96 Å². The van der Waals surface area contributed by atoms with Crippen LogP contribution in [0.1, 0.15) is 56.7 Å². The standard InChI is InChI=1S/C23H40N4OS.HI/c1-3-24-22(26-19-23(12-14-28-2)10-4-5-11-23)25-16-20-8-6-13-27(17-20)18-21-9-7-15-29-21;/h7,9,15,20H,3-6,8,10-14,16-19H2,1-2H3,(H2,24,25,26);1H. The summed E-state index contributed by atoms with van der Waals surface area (Å²) < 4.78 is 5.37. The van der Waals surface area contributed by atoms with Crippen LogP contribution in [0.3, 0.4) is 0 Å². The van der Waals surface area contributed by atoms with Crippen LogP contribution in [0.25, 0.3) is 0 Å². The van der Waals surface area contributed by atoms with Gasteiger partial charge in [0.25, 0.3) is 0 Å². The van der Waals surface area contributed by atoms with Gasteiger partial charge in [0, 0.05) is 51.3 Å². The van der Waals surface area contributed by atoms with E-state index in [2.05, 4.69) is 40.0 Å². The number of piperidine rings is 1. The van der Waals surface area contributed by atoms with Crippen LogP contribution < -0.4 is 10.6 Å². The van der Waals surface area contributed by atoms with Crippen molar-refractivity contribution in [1.29, 1.82) is 0 Å². The number of thiophene rings is 1. The summed E-state index contributed by atoms with van der Waals surface area (Å²) >= 11 is 1.87. The second-order valence-corrected chi connectivity index (χ2v) is 9.88. The van der Waals surface area contributed by atoms with Crippen molar-refractivity contribution < 1.29 is 4.74 Å². The Labute approximate surface area is 204 Å². The third kappa shape index (κ3) is 8.28. The molecule has 1 aliphatic heterocycles. The Bertz CT molecular complexity index is 604. The maximum atomic E-state index is 5.37. The Hall–Kier alpha value is -0.380. The van der Waals surface area contributed by atoms with E-state index in [0.29, 0.717) is 11.3 Å². The van der Waals surface area contributed by atoms with Gasteiger partial charge < -0.3 is 15.4 Å². The third-order valence-corrected chi connectivity index (χ3v) is 7.40. The van der Waals surface area contributed by atoms with E-state index in [-0.39, 0.29) is 24.0 Å². The summed E-state index contributed by atoms with van der Waals surface area (Å²) in [4.78, 5) is 9.10. The molecule has 1 aromatic heterocycles. The van der Waals surface area contributed by atoms with Gasteiger partial charge in [-0.3, -0.25) is 9.89 Å². The number of rotatable bonds is 10. The van der Waals surface area contributed by atoms with Crippen molar-refractivity contribution in [3.05, 3.63) is 22.4 Å². The zero-order chi connectivity index (χ0) is 20.4. The molecule has 0 spiro atoms. The molecule has 2 aliphatic rings. The van der Waals surface area contributed by atoms with Gasteiger partial charge >= 0.3 is 0 Å². The number of methoxy groups -OCH3 is 1. The average Bonchev–Trinajstić information content (AvgIpc) is 3.42. The summed E-state index contributed by atoms with van der Waals surface area (Å²) in [6.07, 6.45) is 9.00. The summed E-state index contributed by atoms with van der Waals surface area (Å²) in [5.74, 6) is 1.69. The first-order valence-corrected chi connectivity index (χ1v) is 12.4. The molecule has 1 saturated carbocycles. The molecule has 1 unspecified atom stereocenters. The van der Waals surface area contributed by atoms with Crippen molar-refractivity contribution in [2.24, 2.45) is 16.3 Å². The van der Waals surface area contributed by atoms with E-state index < -0.39 is 0 Å². The number of hydrogen-bond acceptors (Lipinski definition) is 4. The monoisotopic (exact) mass is 548 g/mol. The molecule has 2 N–H and O–H groups in total. The smallest absolute Gasteiger partial charge is 0.191 e. The molecule has 5 nitrogen and oxygen atoms in total. The normalized spacial score (nSPS) is 21.9. The molecule has 172 valence electrons. The van der Waals surface area contributed by atoms with Crippen molar-refractivity contribution in [2.45, 2.75) is 58.4 Å². The number of guanidine groups is 1. The number of aliphatic imine (C=N–C) groups is 1. The number of nitrogens with one attached hydrogen (secondary N) is 2. The van der Waals surface area contributed by atoms with E-state index in [4.69, 9.17) is 9.73 Å². The lowest BCUT2D eigenvalue weighted by atomic mass is 9.83. The SMILES string of the molecule is CCNC(=NCC1(CCOC)CCCC1)NCC1CCCN(Cc2cccs2)C1.I. The predicted molar refractivity (Wildman–Crippen MR) is 139 cm³/mol. The molecule has 7 heteroatoms. The molecule has 0 bridgehead atoms. The van der Waals surface area contributed by atoms with Gasteiger partial charge in [0.2, 0.25) is 0 Å². The fraction of sp³-hybridized carbons (Fsp3) is 0.783. The van der Waals surface area contributed by atoms with Crippen LogP contribution in [-0.2, 0) is 11.3 Å². The molecule has 0 amide bonds. The lowest BCUT2D eigenvalue weighted by Gasteiger charge is -2.33. The van der Waals surface area contributed by atoms with Crippen LogP contribution in [0.15, 0.2) is 22.5 Å². The zero-order valence-corrected chi connectivity index (χ0v) is 22.0. The molecule has 0 aromatic carbocycles. The van der Waals surface area contributed by atoms with Crippen LogP contribution in [0.5, 0.6) is 0 Å². The lowest BCUT2D eigenvalue weighted by Crippen LogP contribution is -2.44. The Kier molecular flexibility index (Phi) is 12.0. The van der Waals surface area contributed by atoms with E-state index in [1.165, 1.54) is 56.5 Å². The average molecular weight is 549 g/mol. The van der Waals surface area contributed by atoms with Gasteiger partial charge in [-0.2, -0.15) is 0 Å². The highest BCUT2D eigenvalue weighted by molar-refractivity contribution is 14.0. The van der Waals surface area contributed by atoms with Crippen molar-refractivity contribution in [3.63, 3.8) is 0 Å². The van der Waals surface area contributed by atoms with E-state index in [0.717, 1.165) is 45.2 Å². The molecule has 30 heavy (non-hydrogen) atoms. The number of nitrogens with zero attached hydrogens (tertiary/aromatic N) is 2. The number of hydrogen-bond donors (Lipinski definition) is 2. The first-order valence-electron chi connectivity index (χ1n) is 11.5. The van der Waals surface area contributed by atoms with Gasteiger partial charge in [0.05, 0.1) is 0 Å². The maximum absolute atomic E-state index is 5.37. The molecule has 1 saturated heterocycles. The minimum absolute atomic E-state index is 0. The van der Waals surface area contributed by atoms with Gasteiger partial charge in [0.1, 0.15) is 0 Å². The second-order valence-electron chi connectivity index (χ2n) is 8.85. The summed E-state index contributed by atoms with van der Waals surface area (Å²) in [5.41, 5.74) is 0.348. The Morgan fingerprint density at radius 2 is 2.13 bits per heavy atom. The molecule has 2 heterocycles. The largest absolute Gasteiger partial charge is 0.385 e. The summed E-state index contributed by atoms with van der Waals surface area (Å²) in [6, 6.07) is 4.41. The minimum Gasteiger partial charge on any atom is -0.385 e. The van der Waals surface area contributed by atoms with Crippen LogP contribution in [0.4, 0.5) is 0 Å². The number of halogens is 1. The number of likely N-dealkylation sites (tertiary alicyclic amines) is 1. The summed E-state index contributed by atoms with van der Waals surface area (Å²) in [7, 11) is 1.81. The highest BCUT2D eigenvalue weighted by Gasteiger charge is 2.33. The van der Waals surface area contributed by atoms with Crippen LogP contribution in [0, 0.1) is 11.3 Å². The van der Waals surface area contributed by atoms with Crippen LogP contribution in [0.2, 0.25) is 0 Å². The minimum atomic E-state index is 0. The van der Waals surface area contributed by atoms with E-state index in [9.17, 15) is 0 Å². The van der Waals surface area contributed by atoms with Crippen LogP contribution in [-0.4, -0.2) is 57.3 Å². The lowest BCUT2D eigenvalue weighted by molar-refractivity contribution is 0.141. The summed E-state index contributed by atoms with van der Waals surface area (Å²) in [6.45, 7) is 9.35. The molecule has 2 fully saturated rings. The van der Waals surface area contributed by atoms with Gasteiger partial charge in [-0.25, -0.2) is 0 Å². The number of ether oxygens (including phenoxy) is 1. The van der Waals surface area contributed by atoms with Crippen molar-refractivity contribution in [1.82, 2.24) is 15.5 Å². The van der Waals surface area contributed by atoms with Gasteiger partial charge in [-0.15, -0.1) is 35.3 Å². The van der Waals surface area contributed by atoms with Crippen molar-refractivity contribution in [2.75, 3.05) is 46.4 Å². The van der Waals surface area contributed by atoms with Crippen molar-refractivity contribution in [3.8, 4) is 0 Å². The van der Waals surface area contributed by atoms with Gasteiger partial charge in [-0.1, -0.05) is 18.9 Å². The highest BCUT2D eigenvalue weighted by atomic mass is 127. The summed E-state index contributed by atoms with van der Waals surface area (Å²) in [5, 5.41) is 9.30. The van der Waals surface area contributed by atoms with E-state index >= 15 is 0 Å². The second kappa shape index (κ2) is 13.9. The molecule has 1 aliphatic carbocycles. The van der Waals surface area contributed by atoms with E-state index in [1.807, 2.05) is 18.4 Å². The molecule has 0 radical (unpaired) electrons. The Morgan fingerprint density at radius 1 is 1.30 bits per heavy atom. The molecular formula is C23H41IN4OS. The zero-order valence-electron chi connectivity index (χ0n) is 18.8. The first kappa shape index (κ1) is 25.9. The first-order chi connectivity index (χ1) is 14.2. The topological polar surface area (TPSA) is 48.9 Å². The van der Waals surface area contributed by atoms with Crippen molar-refractivity contribution >= 4 is 41.3 Å². The van der Waals surface area contributed by atoms with E-state index in [1.54, 1.807) is 0 Å². The molecule has 1 aromatic rings. The molecular weight excluding hydrogens is 507 g/mol. The molecule has 1 atom stereocenters. The predicted octanol–water partition coefficient (Wildman–Crippen LogP) is 4.73. The quantitative estimate of drug-likeness (QED) is 0.252. The Balaban J connectivity index is 0.00000320. The highest BCUT2D eigenvalue weighted by Crippen LogP contribution is 2.41. The maximum Gasteiger partial charge on any atom is 0.191 e. The molecule has 3 rings (SSSR count).